The van der Waals surface area contributed by atoms with Gasteiger partial charge in [-0.1, -0.05) is 19.1 Å². The second-order valence-electron chi connectivity index (χ2n) is 9.79. The lowest BCUT2D eigenvalue weighted by Gasteiger charge is -2.34. The zero-order valence-corrected chi connectivity index (χ0v) is 20.1. The molecular weight excluding hydrogens is 412 g/mol. The quantitative estimate of drug-likeness (QED) is 0.726. The van der Waals surface area contributed by atoms with Crippen LogP contribution >= 0.6 is 0 Å². The van der Waals surface area contributed by atoms with Crippen LogP contribution < -0.4 is 5.32 Å². The van der Waals surface area contributed by atoms with Crippen LogP contribution in [0.1, 0.15) is 72.8 Å². The van der Waals surface area contributed by atoms with Gasteiger partial charge in [0.15, 0.2) is 0 Å². The van der Waals surface area contributed by atoms with Crippen LogP contribution in [0.15, 0.2) is 36.4 Å². The molecule has 6 nitrogen and oxygen atoms in total. The lowest BCUT2D eigenvalue weighted by Crippen LogP contribution is -2.39. The molecule has 2 aliphatic heterocycles. The van der Waals surface area contributed by atoms with Crippen LogP contribution in [0.3, 0.4) is 0 Å². The lowest BCUT2D eigenvalue weighted by atomic mass is 9.89. The van der Waals surface area contributed by atoms with Crippen molar-refractivity contribution in [3.8, 4) is 0 Å². The minimum atomic E-state index is -0.0534. The molecule has 0 bridgehead atoms. The highest BCUT2D eigenvalue weighted by Gasteiger charge is 2.29. The van der Waals surface area contributed by atoms with E-state index in [0.717, 1.165) is 81.0 Å². The molecule has 33 heavy (non-hydrogen) atoms. The summed E-state index contributed by atoms with van der Waals surface area (Å²) < 4.78 is 0. The first-order valence-corrected chi connectivity index (χ1v) is 12.2. The molecule has 0 atom stereocenters. The minimum absolute atomic E-state index is 0.0534. The van der Waals surface area contributed by atoms with Gasteiger partial charge in [0.2, 0.25) is 5.91 Å². The molecule has 0 unspecified atom stereocenters. The average Bonchev–Trinajstić information content (AvgIpc) is 2.80. The summed E-state index contributed by atoms with van der Waals surface area (Å²) in [5, 5.41) is 2.81. The number of piperidine rings is 2. The molecule has 3 heterocycles. The number of carbonyl (C=O) groups is 2. The molecule has 6 heteroatoms. The van der Waals surface area contributed by atoms with Gasteiger partial charge in [-0.3, -0.25) is 19.5 Å². The van der Waals surface area contributed by atoms with Gasteiger partial charge in [-0.15, -0.1) is 0 Å². The second-order valence-corrected chi connectivity index (χ2v) is 9.79. The summed E-state index contributed by atoms with van der Waals surface area (Å²) >= 11 is 0. The second kappa shape index (κ2) is 10.5. The largest absolute Gasteiger partial charge is 0.339 e. The molecule has 0 radical (unpaired) electrons. The number of aromatic nitrogens is 1. The number of pyridine rings is 1. The Hall–Kier alpha value is -2.73. The van der Waals surface area contributed by atoms with E-state index in [1.165, 1.54) is 12.5 Å². The number of likely N-dealkylation sites (tertiary alicyclic amines) is 2. The van der Waals surface area contributed by atoms with Gasteiger partial charge in [0.25, 0.3) is 5.91 Å². The van der Waals surface area contributed by atoms with Crippen molar-refractivity contribution in [2.45, 2.75) is 58.9 Å². The summed E-state index contributed by atoms with van der Waals surface area (Å²) in [7, 11) is 0. The number of hydrogen-bond donors (Lipinski definition) is 1. The minimum Gasteiger partial charge on any atom is -0.339 e. The fraction of sp³-hybridized carbons (Fsp3) is 0.519. The Morgan fingerprint density at radius 1 is 0.970 bits per heavy atom. The molecule has 4 rings (SSSR count). The first-order chi connectivity index (χ1) is 15.9. The van der Waals surface area contributed by atoms with Crippen LogP contribution in [0.5, 0.6) is 0 Å². The van der Waals surface area contributed by atoms with Crippen molar-refractivity contribution in [1.82, 2.24) is 14.8 Å². The number of hydrogen-bond acceptors (Lipinski definition) is 4. The molecule has 1 N–H and O–H groups in total. The summed E-state index contributed by atoms with van der Waals surface area (Å²) in [4.78, 5) is 33.9. The number of anilines is 1. The number of amides is 2. The van der Waals surface area contributed by atoms with Crippen LogP contribution in [0.2, 0.25) is 0 Å². The van der Waals surface area contributed by atoms with Gasteiger partial charge in [-0.25, -0.2) is 0 Å². The van der Waals surface area contributed by atoms with Crippen molar-refractivity contribution < 1.29 is 9.59 Å². The maximum atomic E-state index is 13.3. The van der Waals surface area contributed by atoms with E-state index in [2.05, 4.69) is 29.3 Å². The zero-order chi connectivity index (χ0) is 23.4. The monoisotopic (exact) mass is 448 g/mol. The first-order valence-electron chi connectivity index (χ1n) is 12.2. The maximum absolute atomic E-state index is 13.3. The van der Waals surface area contributed by atoms with Gasteiger partial charge in [-0.05, 0) is 81.4 Å². The number of aryl methyl sites for hydroxylation is 1. The zero-order valence-electron chi connectivity index (χ0n) is 20.1. The fourth-order valence-electron chi connectivity index (χ4n) is 4.97. The van der Waals surface area contributed by atoms with Crippen molar-refractivity contribution in [1.29, 1.82) is 0 Å². The molecule has 1 aromatic carbocycles. The first kappa shape index (κ1) is 23.4. The van der Waals surface area contributed by atoms with E-state index in [9.17, 15) is 9.59 Å². The number of rotatable bonds is 5. The van der Waals surface area contributed by atoms with Gasteiger partial charge in [-0.2, -0.15) is 0 Å². The molecule has 0 spiro atoms. The van der Waals surface area contributed by atoms with Gasteiger partial charge in [0.1, 0.15) is 0 Å². The van der Waals surface area contributed by atoms with Crippen LogP contribution in [-0.2, 0) is 11.3 Å². The van der Waals surface area contributed by atoms with Crippen molar-refractivity contribution >= 4 is 17.5 Å². The molecule has 0 aliphatic carbocycles. The van der Waals surface area contributed by atoms with Crippen LogP contribution in [0.4, 0.5) is 5.69 Å². The van der Waals surface area contributed by atoms with Crippen LogP contribution in [0.25, 0.3) is 0 Å². The van der Waals surface area contributed by atoms with E-state index < -0.39 is 0 Å². The maximum Gasteiger partial charge on any atom is 0.255 e. The summed E-state index contributed by atoms with van der Waals surface area (Å²) in [5.74, 6) is 1.13. The Morgan fingerprint density at radius 2 is 1.64 bits per heavy atom. The van der Waals surface area contributed by atoms with E-state index in [-0.39, 0.29) is 11.8 Å². The topological polar surface area (TPSA) is 65.5 Å². The standard InChI is InChI=1S/C27H36N4O2/c1-19-10-16-31(17-11-19)27(33)25-9-4-20(2)28-26(25)23-12-14-30(15-13-23)18-22-5-7-24(8-6-22)29-21(3)32/h4-9,19,23H,10-18H2,1-3H3,(H,29,32). The predicted molar refractivity (Wildman–Crippen MR) is 131 cm³/mol. The van der Waals surface area contributed by atoms with E-state index >= 15 is 0 Å². The normalized spacial score (nSPS) is 18.3. The van der Waals surface area contributed by atoms with E-state index in [4.69, 9.17) is 4.98 Å². The molecule has 176 valence electrons. The predicted octanol–water partition coefficient (Wildman–Crippen LogP) is 4.60. The smallest absolute Gasteiger partial charge is 0.255 e. The highest BCUT2D eigenvalue weighted by Crippen LogP contribution is 2.31. The van der Waals surface area contributed by atoms with Crippen molar-refractivity contribution in [3.05, 3.63) is 58.9 Å². The third-order valence-electron chi connectivity index (χ3n) is 7.02. The number of carbonyl (C=O) groups excluding carboxylic acids is 2. The number of benzene rings is 1. The van der Waals surface area contributed by atoms with Gasteiger partial charge in [0.05, 0.1) is 11.3 Å². The van der Waals surface area contributed by atoms with E-state index in [0.29, 0.717) is 11.8 Å². The Balaban J connectivity index is 1.38. The molecule has 2 saturated heterocycles. The molecule has 0 saturated carbocycles. The summed E-state index contributed by atoms with van der Waals surface area (Å²) in [6.45, 7) is 10.4. The number of nitrogens with zero attached hydrogens (tertiary/aromatic N) is 3. The molecule has 2 aliphatic rings. The lowest BCUT2D eigenvalue weighted by molar-refractivity contribution is -0.114. The van der Waals surface area contributed by atoms with Gasteiger partial charge in [0, 0.05) is 43.9 Å². The Bertz CT molecular complexity index is 972. The third kappa shape index (κ3) is 5.99. The fourth-order valence-corrected chi connectivity index (χ4v) is 4.97. The Labute approximate surface area is 197 Å². The highest BCUT2D eigenvalue weighted by molar-refractivity contribution is 5.95. The Kier molecular flexibility index (Phi) is 7.43. The molecular formula is C27H36N4O2. The number of nitrogens with one attached hydrogen (secondary N) is 1. The van der Waals surface area contributed by atoms with E-state index in [1.807, 2.05) is 36.1 Å². The Morgan fingerprint density at radius 3 is 2.27 bits per heavy atom. The summed E-state index contributed by atoms with van der Waals surface area (Å²) in [6.07, 6.45) is 4.20. The van der Waals surface area contributed by atoms with Crippen molar-refractivity contribution in [2.24, 2.45) is 5.92 Å². The van der Waals surface area contributed by atoms with Crippen LogP contribution in [-0.4, -0.2) is 52.8 Å². The van der Waals surface area contributed by atoms with Gasteiger partial charge < -0.3 is 10.2 Å². The van der Waals surface area contributed by atoms with Gasteiger partial charge >= 0.3 is 0 Å². The SMILES string of the molecule is CC(=O)Nc1ccc(CN2CCC(c3nc(C)ccc3C(=O)N3CCC(C)CC3)CC2)cc1. The van der Waals surface area contributed by atoms with E-state index in [1.54, 1.807) is 0 Å². The summed E-state index contributed by atoms with van der Waals surface area (Å²) in [5.41, 5.74) is 4.86. The molecule has 2 amide bonds. The van der Waals surface area contributed by atoms with Crippen molar-refractivity contribution in [3.63, 3.8) is 0 Å². The highest BCUT2D eigenvalue weighted by atomic mass is 16.2. The third-order valence-corrected chi connectivity index (χ3v) is 7.02. The molecule has 2 fully saturated rings. The molecule has 1 aromatic heterocycles. The van der Waals surface area contributed by atoms with Crippen molar-refractivity contribution in [2.75, 3.05) is 31.5 Å². The summed E-state index contributed by atoms with van der Waals surface area (Å²) in [6, 6.07) is 12.0. The average molecular weight is 449 g/mol. The molecule has 2 aromatic rings. The van der Waals surface area contributed by atoms with Crippen LogP contribution in [0, 0.1) is 12.8 Å².